The molecule has 0 bridgehead atoms. The molecule has 2 aliphatic rings. The molecule has 0 aliphatic heterocycles. The van der Waals surface area contributed by atoms with Gasteiger partial charge in [0.05, 0.1) is 6.10 Å². The van der Waals surface area contributed by atoms with Crippen LogP contribution in [-0.4, -0.2) is 67.8 Å². The quantitative estimate of drug-likeness (QED) is 0.780. The fourth-order valence-electron chi connectivity index (χ4n) is 4.15. The van der Waals surface area contributed by atoms with Gasteiger partial charge in [-0.1, -0.05) is 13.8 Å². The molecule has 0 heterocycles. The van der Waals surface area contributed by atoms with Crippen molar-refractivity contribution in [2.24, 2.45) is 11.1 Å². The molecule has 2 rings (SSSR count). The monoisotopic (exact) mass is 297 g/mol. The average molecular weight is 297 g/mol. The van der Waals surface area contributed by atoms with Gasteiger partial charge in [-0.25, -0.2) is 0 Å². The molecule has 4 nitrogen and oxygen atoms in total. The minimum absolute atomic E-state index is 0.0577. The summed E-state index contributed by atoms with van der Waals surface area (Å²) in [5, 5.41) is 0. The Labute approximate surface area is 131 Å². The van der Waals surface area contributed by atoms with Crippen molar-refractivity contribution in [2.45, 2.75) is 63.6 Å². The normalized spacial score (nSPS) is 33.9. The van der Waals surface area contributed by atoms with Crippen molar-refractivity contribution in [3.05, 3.63) is 0 Å². The molecule has 2 N–H and O–H groups in total. The summed E-state index contributed by atoms with van der Waals surface area (Å²) in [5.74, 6) is 0. The van der Waals surface area contributed by atoms with Crippen LogP contribution in [0.25, 0.3) is 0 Å². The van der Waals surface area contributed by atoms with Gasteiger partial charge in [0, 0.05) is 36.2 Å². The summed E-state index contributed by atoms with van der Waals surface area (Å²) < 4.78 is 5.83. The molecule has 0 amide bonds. The first-order chi connectivity index (χ1) is 9.67. The molecule has 4 heteroatoms. The van der Waals surface area contributed by atoms with E-state index in [1.54, 1.807) is 0 Å². The van der Waals surface area contributed by atoms with Crippen molar-refractivity contribution in [1.29, 1.82) is 0 Å². The Morgan fingerprint density at radius 1 is 1.14 bits per heavy atom. The molecule has 2 unspecified atom stereocenters. The highest BCUT2D eigenvalue weighted by molar-refractivity contribution is 5.15. The number of nitrogens with two attached hydrogens (primary N) is 1. The van der Waals surface area contributed by atoms with Crippen molar-refractivity contribution in [2.75, 3.05) is 40.8 Å². The van der Waals surface area contributed by atoms with Gasteiger partial charge < -0.3 is 20.3 Å². The third-order valence-corrected chi connectivity index (χ3v) is 6.35. The van der Waals surface area contributed by atoms with Crippen molar-refractivity contribution in [1.82, 2.24) is 9.80 Å². The Hall–Kier alpha value is -0.160. The van der Waals surface area contributed by atoms with Gasteiger partial charge in [-0.05, 0) is 53.8 Å². The van der Waals surface area contributed by atoms with Gasteiger partial charge in [0.1, 0.15) is 0 Å². The second kappa shape index (κ2) is 5.80. The van der Waals surface area contributed by atoms with E-state index in [1.807, 2.05) is 0 Å². The van der Waals surface area contributed by atoms with Crippen LogP contribution in [0.4, 0.5) is 0 Å². The number of hydrogen-bond acceptors (Lipinski definition) is 4. The first-order valence-electron chi connectivity index (χ1n) is 8.43. The van der Waals surface area contributed by atoms with Crippen molar-refractivity contribution in [3.8, 4) is 0 Å². The maximum Gasteiger partial charge on any atom is 0.0662 e. The third-order valence-electron chi connectivity index (χ3n) is 6.35. The lowest BCUT2D eigenvalue weighted by atomic mass is 9.54. The number of likely N-dealkylation sites (N-methyl/N-ethyl adjacent to an activating group) is 2. The molecular weight excluding hydrogens is 262 g/mol. The van der Waals surface area contributed by atoms with Gasteiger partial charge in [-0.2, -0.15) is 0 Å². The van der Waals surface area contributed by atoms with Gasteiger partial charge in [0.2, 0.25) is 0 Å². The highest BCUT2D eigenvalue weighted by Crippen LogP contribution is 2.50. The molecule has 2 fully saturated rings. The van der Waals surface area contributed by atoms with E-state index in [2.05, 4.69) is 51.7 Å². The van der Waals surface area contributed by atoms with E-state index in [4.69, 9.17) is 10.5 Å². The Morgan fingerprint density at radius 2 is 1.76 bits per heavy atom. The fraction of sp³-hybridized carbons (Fsp3) is 1.00. The smallest absolute Gasteiger partial charge is 0.0662 e. The van der Waals surface area contributed by atoms with Crippen molar-refractivity contribution in [3.63, 3.8) is 0 Å². The summed E-state index contributed by atoms with van der Waals surface area (Å²) in [4.78, 5) is 4.86. The summed E-state index contributed by atoms with van der Waals surface area (Å²) in [6.45, 7) is 9.44. The molecule has 0 aromatic carbocycles. The maximum absolute atomic E-state index is 6.72. The fourth-order valence-corrected chi connectivity index (χ4v) is 4.15. The second-order valence-electron chi connectivity index (χ2n) is 8.17. The minimum Gasteiger partial charge on any atom is -0.378 e. The second-order valence-corrected chi connectivity index (χ2v) is 8.17. The zero-order valence-electron chi connectivity index (χ0n) is 14.9. The maximum atomic E-state index is 6.72. The van der Waals surface area contributed by atoms with E-state index in [0.29, 0.717) is 11.6 Å². The van der Waals surface area contributed by atoms with Crippen LogP contribution in [0.5, 0.6) is 0 Å². The number of ether oxygens (including phenoxy) is 1. The molecule has 21 heavy (non-hydrogen) atoms. The third kappa shape index (κ3) is 2.88. The van der Waals surface area contributed by atoms with E-state index >= 15 is 0 Å². The lowest BCUT2D eigenvalue weighted by Gasteiger charge is -2.61. The summed E-state index contributed by atoms with van der Waals surface area (Å²) in [5.41, 5.74) is 7.03. The Balaban J connectivity index is 1.92. The Kier molecular flexibility index (Phi) is 4.75. The predicted molar refractivity (Wildman–Crippen MR) is 88.5 cm³/mol. The molecule has 2 aliphatic carbocycles. The molecule has 2 saturated carbocycles. The van der Waals surface area contributed by atoms with Crippen LogP contribution in [0.15, 0.2) is 0 Å². The van der Waals surface area contributed by atoms with E-state index in [0.717, 1.165) is 26.1 Å². The van der Waals surface area contributed by atoms with Crippen LogP contribution < -0.4 is 5.73 Å². The van der Waals surface area contributed by atoms with Crippen molar-refractivity contribution < 1.29 is 4.74 Å². The lowest BCUT2D eigenvalue weighted by Crippen LogP contribution is -2.74. The van der Waals surface area contributed by atoms with Gasteiger partial charge in [-0.15, -0.1) is 0 Å². The molecule has 2 atom stereocenters. The highest BCUT2D eigenvalue weighted by Gasteiger charge is 2.58. The molecule has 0 spiro atoms. The standard InChI is InChI=1S/C17H35N3O/c1-7-21-14-11-17(18,15(14,2)3)13-20(6)12-16(19(4)5)9-8-10-16/h14H,7-13,18H2,1-6H3. The number of hydrogen-bond donors (Lipinski definition) is 1. The van der Waals surface area contributed by atoms with E-state index < -0.39 is 0 Å². The zero-order chi connectivity index (χ0) is 15.9. The largest absolute Gasteiger partial charge is 0.378 e. The van der Waals surface area contributed by atoms with Crippen LogP contribution in [0.3, 0.4) is 0 Å². The first kappa shape index (κ1) is 17.2. The van der Waals surface area contributed by atoms with E-state index in [1.165, 1.54) is 19.3 Å². The number of rotatable bonds is 7. The van der Waals surface area contributed by atoms with Crippen LogP contribution in [0.1, 0.15) is 46.5 Å². The first-order valence-corrected chi connectivity index (χ1v) is 8.43. The molecule has 0 aromatic rings. The van der Waals surface area contributed by atoms with Gasteiger partial charge in [0.25, 0.3) is 0 Å². The predicted octanol–water partition coefficient (Wildman–Crippen LogP) is 1.94. The minimum atomic E-state index is -0.126. The van der Waals surface area contributed by atoms with E-state index in [9.17, 15) is 0 Å². The summed E-state index contributed by atoms with van der Waals surface area (Å²) in [6, 6.07) is 0. The Morgan fingerprint density at radius 3 is 2.14 bits per heavy atom. The molecule has 0 saturated heterocycles. The highest BCUT2D eigenvalue weighted by atomic mass is 16.5. The topological polar surface area (TPSA) is 41.7 Å². The summed E-state index contributed by atoms with van der Waals surface area (Å²) >= 11 is 0. The van der Waals surface area contributed by atoms with Crippen LogP contribution in [0.2, 0.25) is 0 Å². The van der Waals surface area contributed by atoms with Crippen LogP contribution in [0, 0.1) is 5.41 Å². The molecular formula is C17H35N3O. The average Bonchev–Trinajstić information content (AvgIpc) is 2.33. The van der Waals surface area contributed by atoms with E-state index in [-0.39, 0.29) is 11.0 Å². The molecule has 124 valence electrons. The lowest BCUT2D eigenvalue weighted by molar-refractivity contribution is -0.157. The molecule has 0 aromatic heterocycles. The van der Waals surface area contributed by atoms with Crippen LogP contribution >= 0.6 is 0 Å². The molecule has 0 radical (unpaired) electrons. The van der Waals surface area contributed by atoms with Crippen LogP contribution in [-0.2, 0) is 4.74 Å². The Bertz CT molecular complexity index is 365. The van der Waals surface area contributed by atoms with Gasteiger partial charge in [0.15, 0.2) is 0 Å². The number of nitrogens with zero attached hydrogens (tertiary/aromatic N) is 2. The van der Waals surface area contributed by atoms with Gasteiger partial charge in [-0.3, -0.25) is 0 Å². The summed E-state index contributed by atoms with van der Waals surface area (Å²) in [7, 11) is 6.65. The zero-order valence-corrected chi connectivity index (χ0v) is 14.9. The summed E-state index contributed by atoms with van der Waals surface area (Å²) in [6.07, 6.45) is 5.28. The SMILES string of the molecule is CCOC1CC(N)(CN(C)CC2(N(C)C)CCC2)C1(C)C. The van der Waals surface area contributed by atoms with Crippen molar-refractivity contribution >= 4 is 0 Å². The van der Waals surface area contributed by atoms with Gasteiger partial charge >= 0.3 is 0 Å².